The molecule has 7 aromatic carbocycles. The van der Waals surface area contributed by atoms with Crippen LogP contribution in [0.2, 0.25) is 0 Å². The summed E-state index contributed by atoms with van der Waals surface area (Å²) in [5.41, 5.74) is 7.71. The smallest absolute Gasteiger partial charge is 0.132 e. The molecule has 0 spiro atoms. The van der Waals surface area contributed by atoms with Crippen LogP contribution in [0.25, 0.3) is 54.6 Å². The van der Waals surface area contributed by atoms with Crippen molar-refractivity contribution < 1.29 is 4.57 Å². The number of hydrogen-bond donors (Lipinski definition) is 0. The van der Waals surface area contributed by atoms with Crippen molar-refractivity contribution in [3.63, 3.8) is 0 Å². The Morgan fingerprint density at radius 3 is 1.83 bits per heavy atom. The van der Waals surface area contributed by atoms with E-state index in [2.05, 4.69) is 117 Å². The van der Waals surface area contributed by atoms with Gasteiger partial charge in [0.15, 0.2) is 0 Å². The van der Waals surface area contributed by atoms with Crippen molar-refractivity contribution in [3.05, 3.63) is 145 Å². The van der Waals surface area contributed by atoms with Gasteiger partial charge < -0.3 is 4.57 Å². The molecule has 0 bridgehead atoms. The second-order valence-corrected chi connectivity index (χ2v) is 13.4. The zero-order chi connectivity index (χ0) is 27.7. The third-order valence-electron chi connectivity index (χ3n) is 9.07. The van der Waals surface area contributed by atoms with Crippen molar-refractivity contribution in [2.45, 2.75) is 19.3 Å². The van der Waals surface area contributed by atoms with E-state index in [-0.39, 0.29) is 5.41 Å². The summed E-state index contributed by atoms with van der Waals surface area (Å²) in [7, 11) is -2.16. The fraction of sp³-hybridized carbons (Fsp3) is 0.0769. The van der Waals surface area contributed by atoms with Crippen LogP contribution in [-0.2, 0) is 9.98 Å². The predicted octanol–water partition coefficient (Wildman–Crippen LogP) is 9.63. The summed E-state index contributed by atoms with van der Waals surface area (Å²) in [5, 5.41) is 9.15. The van der Waals surface area contributed by atoms with Gasteiger partial charge in [0.2, 0.25) is 0 Å². The fourth-order valence-corrected chi connectivity index (χ4v) is 8.67. The highest BCUT2D eigenvalue weighted by Gasteiger charge is 2.35. The summed E-state index contributed by atoms with van der Waals surface area (Å²) in [6.45, 7) is 4.70. The predicted molar refractivity (Wildman–Crippen MR) is 177 cm³/mol. The highest BCUT2D eigenvalue weighted by atomic mass is 31.1. The second-order valence-electron chi connectivity index (χ2n) is 11.6. The van der Waals surface area contributed by atoms with Crippen LogP contribution in [0.15, 0.2) is 133 Å². The molecule has 1 unspecified atom stereocenters. The van der Waals surface area contributed by atoms with Crippen LogP contribution in [0.4, 0.5) is 0 Å². The van der Waals surface area contributed by atoms with Crippen LogP contribution in [-0.4, -0.2) is 0 Å². The lowest BCUT2D eigenvalue weighted by atomic mass is 9.67. The first kappa shape index (κ1) is 24.4. The Morgan fingerprint density at radius 2 is 1.05 bits per heavy atom. The van der Waals surface area contributed by atoms with Gasteiger partial charge in [-0.05, 0) is 65.7 Å². The number of benzene rings is 7. The molecule has 1 aliphatic carbocycles. The molecule has 0 saturated heterocycles. The van der Waals surface area contributed by atoms with E-state index in [4.69, 9.17) is 0 Å². The molecule has 8 rings (SSSR count). The molecular weight excluding hydrogens is 515 g/mol. The van der Waals surface area contributed by atoms with Crippen LogP contribution in [0, 0.1) is 0 Å². The van der Waals surface area contributed by atoms with Crippen LogP contribution in [0.1, 0.15) is 25.0 Å². The molecule has 0 heterocycles. The Kier molecular flexibility index (Phi) is 5.36. The van der Waals surface area contributed by atoms with E-state index in [9.17, 15) is 4.57 Å². The second kappa shape index (κ2) is 9.03. The van der Waals surface area contributed by atoms with E-state index in [1.165, 1.54) is 54.9 Å². The van der Waals surface area contributed by atoms with E-state index >= 15 is 0 Å². The van der Waals surface area contributed by atoms with Gasteiger partial charge in [-0.25, -0.2) is 0 Å². The molecule has 0 amide bonds. The molecule has 7 aromatic rings. The summed E-state index contributed by atoms with van der Waals surface area (Å²) < 4.78 is 13.8. The summed E-state index contributed by atoms with van der Waals surface area (Å²) in [6, 6.07) is 47.3. The van der Waals surface area contributed by atoms with Gasteiger partial charge in [0, 0.05) is 16.0 Å². The quantitative estimate of drug-likeness (QED) is 0.160. The Labute approximate surface area is 240 Å². The molecule has 1 nitrogen and oxygen atoms in total. The Hall–Kier alpha value is -4.45. The molecule has 0 saturated carbocycles. The topological polar surface area (TPSA) is 17.1 Å². The summed E-state index contributed by atoms with van der Waals surface area (Å²) in [6.07, 6.45) is 0. The number of hydrogen-bond acceptors (Lipinski definition) is 1. The standard InChI is InChI=1S/C39H29OP/c1-39(2)33-21-11-10-19-31(33)37-29-18-9-8-17-28(29)36(32-20-12-22-34(39)38(32)37)30-23-24-35(27-16-7-6-15-26(27)30)41(40)25-13-4-3-5-14-25/h3-24,41H,1-2H3. The molecule has 0 fully saturated rings. The Morgan fingerprint density at radius 1 is 0.463 bits per heavy atom. The maximum Gasteiger partial charge on any atom is 0.132 e. The molecule has 1 aliphatic rings. The lowest BCUT2D eigenvalue weighted by Crippen LogP contribution is -2.23. The third kappa shape index (κ3) is 3.46. The van der Waals surface area contributed by atoms with Crippen molar-refractivity contribution in [1.29, 1.82) is 0 Å². The van der Waals surface area contributed by atoms with Gasteiger partial charge in [-0.3, -0.25) is 0 Å². The minimum absolute atomic E-state index is 0.121. The SMILES string of the molecule is CC1(C)c2ccccc2-c2c3ccccc3c(-c3ccc([PH](=O)c4ccccc4)c4ccccc34)c3cccc1c23. The van der Waals surface area contributed by atoms with E-state index in [1.54, 1.807) is 0 Å². The highest BCUT2D eigenvalue weighted by molar-refractivity contribution is 7.62. The first-order chi connectivity index (χ1) is 20.1. The van der Waals surface area contributed by atoms with Gasteiger partial charge in [0.25, 0.3) is 0 Å². The van der Waals surface area contributed by atoms with Crippen molar-refractivity contribution in [2.24, 2.45) is 0 Å². The minimum atomic E-state index is -2.16. The third-order valence-corrected chi connectivity index (χ3v) is 10.8. The molecule has 41 heavy (non-hydrogen) atoms. The molecule has 0 aromatic heterocycles. The lowest BCUT2D eigenvalue weighted by molar-refractivity contribution is 0.598. The van der Waals surface area contributed by atoms with Crippen LogP contribution in [0.3, 0.4) is 0 Å². The van der Waals surface area contributed by atoms with E-state index in [0.717, 1.165) is 21.4 Å². The van der Waals surface area contributed by atoms with E-state index < -0.39 is 7.80 Å². The number of fused-ring (bicyclic) bond motifs is 5. The van der Waals surface area contributed by atoms with Gasteiger partial charge in [-0.1, -0.05) is 147 Å². The average molecular weight is 545 g/mol. The zero-order valence-corrected chi connectivity index (χ0v) is 24.1. The van der Waals surface area contributed by atoms with Crippen LogP contribution in [0.5, 0.6) is 0 Å². The first-order valence-corrected chi connectivity index (χ1v) is 15.7. The van der Waals surface area contributed by atoms with Crippen LogP contribution >= 0.6 is 7.80 Å². The highest BCUT2D eigenvalue weighted by Crippen LogP contribution is 2.54. The maximum absolute atomic E-state index is 13.8. The summed E-state index contributed by atoms with van der Waals surface area (Å²) in [5.74, 6) is 0. The molecule has 0 radical (unpaired) electrons. The Balaban J connectivity index is 1.51. The molecule has 196 valence electrons. The van der Waals surface area contributed by atoms with Gasteiger partial charge in [-0.2, -0.15) is 0 Å². The van der Waals surface area contributed by atoms with Gasteiger partial charge in [0.1, 0.15) is 7.80 Å². The van der Waals surface area contributed by atoms with Crippen molar-refractivity contribution >= 4 is 50.7 Å². The fourth-order valence-electron chi connectivity index (χ4n) is 7.17. The molecule has 2 heteroatoms. The van der Waals surface area contributed by atoms with E-state index in [1.807, 2.05) is 30.3 Å². The monoisotopic (exact) mass is 544 g/mol. The van der Waals surface area contributed by atoms with Gasteiger partial charge in [-0.15, -0.1) is 0 Å². The zero-order valence-electron chi connectivity index (χ0n) is 23.1. The normalized spacial score (nSPS) is 14.3. The van der Waals surface area contributed by atoms with Gasteiger partial charge >= 0.3 is 0 Å². The van der Waals surface area contributed by atoms with Gasteiger partial charge in [0.05, 0.1) is 0 Å². The molecular formula is C39H29OP. The minimum Gasteiger partial charge on any atom is -0.317 e. The summed E-state index contributed by atoms with van der Waals surface area (Å²) in [4.78, 5) is 0. The molecule has 0 N–H and O–H groups in total. The molecule has 0 aliphatic heterocycles. The number of rotatable bonds is 3. The van der Waals surface area contributed by atoms with Crippen molar-refractivity contribution in [3.8, 4) is 22.3 Å². The Bertz CT molecular complexity index is 2190. The van der Waals surface area contributed by atoms with Crippen LogP contribution < -0.4 is 10.6 Å². The summed E-state index contributed by atoms with van der Waals surface area (Å²) >= 11 is 0. The van der Waals surface area contributed by atoms with E-state index in [0.29, 0.717) is 0 Å². The maximum atomic E-state index is 13.8. The average Bonchev–Trinajstić information content (AvgIpc) is 3.02. The molecule has 1 atom stereocenters. The van der Waals surface area contributed by atoms with Crippen molar-refractivity contribution in [1.82, 2.24) is 0 Å². The lowest BCUT2D eigenvalue weighted by Gasteiger charge is -2.36. The first-order valence-electron chi connectivity index (χ1n) is 14.3. The van der Waals surface area contributed by atoms with Crippen molar-refractivity contribution in [2.75, 3.05) is 0 Å². The largest absolute Gasteiger partial charge is 0.317 e.